The predicted octanol–water partition coefficient (Wildman–Crippen LogP) is -1.56. The third-order valence-electron chi connectivity index (χ3n) is 1.34. The van der Waals surface area contributed by atoms with Gasteiger partial charge in [0, 0.05) is 11.5 Å². The van der Waals surface area contributed by atoms with E-state index < -0.39 is 5.97 Å². The Morgan fingerprint density at radius 2 is 2.00 bits per heavy atom. The van der Waals surface area contributed by atoms with Crippen molar-refractivity contribution in [1.82, 2.24) is 0 Å². The number of hydrogen-bond acceptors (Lipinski definition) is 2. The Labute approximate surface area is 121 Å². The van der Waals surface area contributed by atoms with Crippen molar-refractivity contribution in [2.45, 2.75) is 32.1 Å². The van der Waals surface area contributed by atoms with Crippen molar-refractivity contribution in [3.05, 3.63) is 11.6 Å². The Bertz CT molecular complexity index is 137. The fourth-order valence-corrected chi connectivity index (χ4v) is 0.897. The molecular formula is C8H12ClKO2. The molecule has 0 aliphatic rings. The summed E-state index contributed by atoms with van der Waals surface area (Å²) < 4.78 is 0. The van der Waals surface area contributed by atoms with Gasteiger partial charge in [-0.3, -0.25) is 0 Å². The van der Waals surface area contributed by atoms with Crippen LogP contribution < -0.4 is 56.5 Å². The van der Waals surface area contributed by atoms with Gasteiger partial charge in [0.1, 0.15) is 0 Å². The third kappa shape index (κ3) is 13.7. The first kappa shape index (κ1) is 15.6. The maximum Gasteiger partial charge on any atom is 1.00 e. The third-order valence-corrected chi connectivity index (χ3v) is 1.52. The molecule has 0 atom stereocenters. The van der Waals surface area contributed by atoms with Crippen LogP contribution in [0.3, 0.4) is 0 Å². The van der Waals surface area contributed by atoms with Crippen LogP contribution in [0.4, 0.5) is 0 Å². The van der Waals surface area contributed by atoms with Crippen LogP contribution in [0.2, 0.25) is 0 Å². The second kappa shape index (κ2) is 12.1. The minimum absolute atomic E-state index is 0. The van der Waals surface area contributed by atoms with Gasteiger partial charge in [-0.1, -0.05) is 24.1 Å². The van der Waals surface area contributed by atoms with Crippen molar-refractivity contribution >= 4 is 17.6 Å². The summed E-state index contributed by atoms with van der Waals surface area (Å²) in [5, 5.41) is 9.94. The largest absolute Gasteiger partial charge is 1.00 e. The molecule has 0 aliphatic heterocycles. The zero-order chi connectivity index (χ0) is 8.53. The molecule has 0 bridgehead atoms. The molecule has 0 saturated heterocycles. The van der Waals surface area contributed by atoms with Crippen LogP contribution in [-0.4, -0.2) is 5.97 Å². The monoisotopic (exact) mass is 214 g/mol. The second-order valence-corrected chi connectivity index (χ2v) is 2.59. The molecule has 12 heavy (non-hydrogen) atoms. The molecule has 4 heteroatoms. The number of allylic oxidation sites excluding steroid dienone is 1. The molecule has 0 aromatic rings. The van der Waals surface area contributed by atoms with Gasteiger partial charge < -0.3 is 9.90 Å². The summed E-state index contributed by atoms with van der Waals surface area (Å²) in [6.45, 7) is 0. The van der Waals surface area contributed by atoms with Crippen LogP contribution in [0, 0.1) is 0 Å². The van der Waals surface area contributed by atoms with E-state index in [1.165, 1.54) is 5.54 Å². The molecule has 0 saturated carbocycles. The summed E-state index contributed by atoms with van der Waals surface area (Å²) >= 11 is 5.28. The van der Waals surface area contributed by atoms with E-state index in [1.54, 1.807) is 0 Å². The number of carbonyl (C=O) groups excluding carboxylic acids is 1. The minimum atomic E-state index is -0.960. The van der Waals surface area contributed by atoms with Crippen molar-refractivity contribution in [3.63, 3.8) is 0 Å². The van der Waals surface area contributed by atoms with Crippen LogP contribution >= 0.6 is 11.6 Å². The van der Waals surface area contributed by atoms with Gasteiger partial charge in [0.05, 0.1) is 0 Å². The van der Waals surface area contributed by atoms with Crippen molar-refractivity contribution in [2.24, 2.45) is 0 Å². The van der Waals surface area contributed by atoms with E-state index in [4.69, 9.17) is 11.6 Å². The van der Waals surface area contributed by atoms with Crippen LogP contribution in [0.15, 0.2) is 11.6 Å². The van der Waals surface area contributed by atoms with Crippen molar-refractivity contribution < 1.29 is 61.3 Å². The minimum Gasteiger partial charge on any atom is -0.550 e. The molecule has 0 spiro atoms. The molecule has 0 aromatic heterocycles. The SMILES string of the molecule is O=C([O-])CCCCC/C=C/Cl.[K+]. The van der Waals surface area contributed by atoms with E-state index >= 15 is 0 Å². The summed E-state index contributed by atoms with van der Waals surface area (Å²) in [6, 6.07) is 0. The Balaban J connectivity index is 0. The summed E-state index contributed by atoms with van der Waals surface area (Å²) in [5.41, 5.74) is 1.48. The zero-order valence-electron chi connectivity index (χ0n) is 7.38. The average Bonchev–Trinajstić information content (AvgIpc) is 1.96. The number of carboxylic acids is 1. The van der Waals surface area contributed by atoms with Crippen molar-refractivity contribution in [1.29, 1.82) is 0 Å². The van der Waals surface area contributed by atoms with E-state index in [-0.39, 0.29) is 57.8 Å². The summed E-state index contributed by atoms with van der Waals surface area (Å²) in [6.07, 6.45) is 5.59. The Morgan fingerprint density at radius 3 is 2.50 bits per heavy atom. The van der Waals surface area contributed by atoms with E-state index in [0.29, 0.717) is 6.42 Å². The van der Waals surface area contributed by atoms with E-state index in [9.17, 15) is 9.90 Å². The van der Waals surface area contributed by atoms with Crippen LogP contribution in [0.5, 0.6) is 0 Å². The Hall–Kier alpha value is 1.14. The molecule has 64 valence electrons. The average molecular weight is 215 g/mol. The maximum atomic E-state index is 9.94. The Kier molecular flexibility index (Phi) is 15.8. The van der Waals surface area contributed by atoms with Gasteiger partial charge in [0.15, 0.2) is 0 Å². The zero-order valence-corrected chi connectivity index (χ0v) is 11.3. The van der Waals surface area contributed by atoms with Crippen LogP contribution in [-0.2, 0) is 4.79 Å². The molecule has 2 nitrogen and oxygen atoms in total. The van der Waals surface area contributed by atoms with Crippen LogP contribution in [0.1, 0.15) is 32.1 Å². The number of aliphatic carboxylic acids is 1. The molecule has 0 radical (unpaired) electrons. The maximum absolute atomic E-state index is 9.94. The summed E-state index contributed by atoms with van der Waals surface area (Å²) in [4.78, 5) is 9.94. The molecule has 0 rings (SSSR count). The van der Waals surface area contributed by atoms with Gasteiger partial charge in [-0.05, 0) is 25.7 Å². The first-order chi connectivity index (χ1) is 5.27. The van der Waals surface area contributed by atoms with Crippen molar-refractivity contribution in [3.8, 4) is 0 Å². The van der Waals surface area contributed by atoms with Crippen LogP contribution in [0.25, 0.3) is 0 Å². The molecule has 0 amide bonds. The molecule has 0 fully saturated rings. The number of rotatable bonds is 6. The normalized spacial score (nSPS) is 9.75. The molecule has 0 unspecified atom stereocenters. The fraction of sp³-hybridized carbons (Fsp3) is 0.625. The molecule has 0 aliphatic carbocycles. The first-order valence-corrected chi connectivity index (χ1v) is 4.16. The standard InChI is InChI=1S/C8H13ClO2.K/c9-7-5-3-1-2-4-6-8(10)11;/h5,7H,1-4,6H2,(H,10,11);/q;+1/p-1/b7-5+;. The van der Waals surface area contributed by atoms with Gasteiger partial charge in [0.2, 0.25) is 0 Å². The number of carbonyl (C=O) groups is 1. The van der Waals surface area contributed by atoms with Gasteiger partial charge in [0.25, 0.3) is 0 Å². The van der Waals surface area contributed by atoms with Gasteiger partial charge in [-0.2, -0.15) is 0 Å². The summed E-state index contributed by atoms with van der Waals surface area (Å²) in [7, 11) is 0. The number of hydrogen-bond donors (Lipinski definition) is 0. The predicted molar refractivity (Wildman–Crippen MR) is 43.1 cm³/mol. The second-order valence-electron chi connectivity index (χ2n) is 2.33. The van der Waals surface area contributed by atoms with Gasteiger partial charge in [-0.25, -0.2) is 0 Å². The Morgan fingerprint density at radius 1 is 1.33 bits per heavy atom. The first-order valence-electron chi connectivity index (χ1n) is 3.72. The molecular weight excluding hydrogens is 203 g/mol. The van der Waals surface area contributed by atoms with E-state index in [1.807, 2.05) is 6.08 Å². The molecule has 0 aromatic carbocycles. The molecule has 0 heterocycles. The number of halogens is 1. The number of carboxylic acid groups (broad SMARTS) is 1. The number of unbranched alkanes of at least 4 members (excludes halogenated alkanes) is 3. The van der Waals surface area contributed by atoms with E-state index in [2.05, 4.69) is 0 Å². The summed E-state index contributed by atoms with van der Waals surface area (Å²) in [5.74, 6) is -0.960. The fourth-order valence-electron chi connectivity index (χ4n) is 0.771. The van der Waals surface area contributed by atoms with Gasteiger partial charge in [-0.15, -0.1) is 0 Å². The van der Waals surface area contributed by atoms with Gasteiger partial charge >= 0.3 is 51.4 Å². The quantitative estimate of drug-likeness (QED) is 0.397. The molecule has 0 N–H and O–H groups in total. The smallest absolute Gasteiger partial charge is 0.550 e. The van der Waals surface area contributed by atoms with Crippen molar-refractivity contribution in [2.75, 3.05) is 0 Å². The van der Waals surface area contributed by atoms with E-state index in [0.717, 1.165) is 19.3 Å². The topological polar surface area (TPSA) is 40.1 Å².